The second-order valence-corrected chi connectivity index (χ2v) is 4.40. The van der Waals surface area contributed by atoms with Crippen LogP contribution in [0.5, 0.6) is 0 Å². The zero-order chi connectivity index (χ0) is 14.1. The number of carboxylic acid groups (broad SMARTS) is 1. The highest BCUT2D eigenvalue weighted by atomic mass is 16.4. The fraction of sp³-hybridized carbons (Fsp3) is 0.154. The highest BCUT2D eigenvalue weighted by molar-refractivity contribution is 5.92. The predicted molar refractivity (Wildman–Crippen MR) is 70.4 cm³/mol. The van der Waals surface area contributed by atoms with Gasteiger partial charge in [0.1, 0.15) is 5.52 Å². The molecule has 0 aliphatic heterocycles. The van der Waals surface area contributed by atoms with E-state index in [1.165, 1.54) is 6.07 Å². The van der Waals surface area contributed by atoms with E-state index in [-0.39, 0.29) is 5.56 Å². The van der Waals surface area contributed by atoms with Gasteiger partial charge < -0.3 is 5.11 Å². The first-order valence-electron chi connectivity index (χ1n) is 5.97. The molecule has 20 heavy (non-hydrogen) atoms. The molecule has 0 aliphatic rings. The van der Waals surface area contributed by atoms with Gasteiger partial charge in [0.25, 0.3) is 0 Å². The second kappa shape index (κ2) is 4.69. The normalized spacial score (nSPS) is 10.8. The van der Waals surface area contributed by atoms with Gasteiger partial charge in [-0.1, -0.05) is 5.21 Å². The number of fused-ring (bicyclic) bond motifs is 1. The summed E-state index contributed by atoms with van der Waals surface area (Å²) in [5, 5.41) is 17.0. The van der Waals surface area contributed by atoms with Crippen LogP contribution in [0.25, 0.3) is 11.0 Å². The zero-order valence-corrected chi connectivity index (χ0v) is 10.7. The summed E-state index contributed by atoms with van der Waals surface area (Å²) in [5.74, 6) is -0.977. The highest BCUT2D eigenvalue weighted by Gasteiger charge is 2.10. The average molecular weight is 269 g/mol. The summed E-state index contributed by atoms with van der Waals surface area (Å²) in [6, 6.07) is 4.71. The molecular weight excluding hydrogens is 258 g/mol. The van der Waals surface area contributed by atoms with E-state index in [0.717, 1.165) is 11.4 Å². The van der Waals surface area contributed by atoms with Gasteiger partial charge in [-0.3, -0.25) is 9.97 Å². The van der Waals surface area contributed by atoms with Gasteiger partial charge >= 0.3 is 5.97 Å². The number of hydrogen-bond donors (Lipinski definition) is 1. The van der Waals surface area contributed by atoms with Crippen molar-refractivity contribution >= 4 is 17.0 Å². The summed E-state index contributed by atoms with van der Waals surface area (Å²) in [6.45, 7) is 2.26. The van der Waals surface area contributed by atoms with Crippen molar-refractivity contribution in [3.8, 4) is 0 Å². The van der Waals surface area contributed by atoms with Gasteiger partial charge in [-0.15, -0.1) is 5.10 Å². The number of nitrogens with zero attached hydrogens (tertiary/aromatic N) is 5. The number of rotatable bonds is 3. The minimum absolute atomic E-state index is 0.205. The van der Waals surface area contributed by atoms with Crippen LogP contribution in [0.2, 0.25) is 0 Å². The highest BCUT2D eigenvalue weighted by Crippen LogP contribution is 2.14. The molecule has 2 aromatic heterocycles. The molecule has 7 nitrogen and oxygen atoms in total. The van der Waals surface area contributed by atoms with Gasteiger partial charge in [-0.2, -0.15) is 0 Å². The summed E-state index contributed by atoms with van der Waals surface area (Å²) in [4.78, 5) is 19.4. The van der Waals surface area contributed by atoms with Gasteiger partial charge in [-0.05, 0) is 25.1 Å². The van der Waals surface area contributed by atoms with Crippen LogP contribution in [0.15, 0.2) is 30.6 Å². The number of carboxylic acids is 1. The van der Waals surface area contributed by atoms with Crippen molar-refractivity contribution in [2.45, 2.75) is 13.5 Å². The van der Waals surface area contributed by atoms with Crippen molar-refractivity contribution in [2.75, 3.05) is 0 Å². The Morgan fingerprint density at radius 2 is 2.15 bits per heavy atom. The lowest BCUT2D eigenvalue weighted by Gasteiger charge is -2.02. The van der Waals surface area contributed by atoms with Gasteiger partial charge in [-0.25, -0.2) is 9.48 Å². The molecule has 0 saturated heterocycles. The minimum atomic E-state index is -0.977. The molecule has 0 saturated carbocycles. The maximum atomic E-state index is 11.0. The Labute approximate surface area is 113 Å². The number of benzene rings is 1. The SMILES string of the molecule is Cc1cnc(Cn2nnc3ccc(C(=O)O)cc32)cn1. The lowest BCUT2D eigenvalue weighted by atomic mass is 10.2. The molecule has 0 fully saturated rings. The van der Waals surface area contributed by atoms with Crippen LogP contribution in [0, 0.1) is 6.92 Å². The molecule has 0 bridgehead atoms. The van der Waals surface area contributed by atoms with Gasteiger partial charge in [0.15, 0.2) is 0 Å². The number of aromatic nitrogens is 5. The molecule has 0 spiro atoms. The Bertz CT molecular complexity index is 779. The van der Waals surface area contributed by atoms with Crippen molar-refractivity contribution < 1.29 is 9.90 Å². The van der Waals surface area contributed by atoms with Crippen LogP contribution < -0.4 is 0 Å². The van der Waals surface area contributed by atoms with E-state index in [9.17, 15) is 4.79 Å². The Morgan fingerprint density at radius 3 is 2.85 bits per heavy atom. The first kappa shape index (κ1) is 12.2. The van der Waals surface area contributed by atoms with Crippen LogP contribution in [-0.4, -0.2) is 36.0 Å². The number of hydrogen-bond acceptors (Lipinski definition) is 5. The molecular formula is C13H11N5O2. The van der Waals surface area contributed by atoms with E-state index in [1.807, 2.05) is 6.92 Å². The van der Waals surface area contributed by atoms with Crippen molar-refractivity contribution in [1.82, 2.24) is 25.0 Å². The molecule has 100 valence electrons. The fourth-order valence-corrected chi connectivity index (χ4v) is 1.87. The molecule has 3 aromatic rings. The van der Waals surface area contributed by atoms with E-state index >= 15 is 0 Å². The monoisotopic (exact) mass is 269 g/mol. The van der Waals surface area contributed by atoms with E-state index < -0.39 is 5.97 Å². The van der Waals surface area contributed by atoms with Crippen LogP contribution in [0.3, 0.4) is 0 Å². The van der Waals surface area contributed by atoms with Gasteiger partial charge in [0.05, 0.1) is 35.2 Å². The first-order valence-corrected chi connectivity index (χ1v) is 5.97. The molecule has 0 amide bonds. The predicted octanol–water partition coefficient (Wildman–Crippen LogP) is 1.28. The molecule has 0 atom stereocenters. The third-order valence-electron chi connectivity index (χ3n) is 2.91. The van der Waals surface area contributed by atoms with Crippen LogP contribution in [0.4, 0.5) is 0 Å². The largest absolute Gasteiger partial charge is 0.478 e. The smallest absolute Gasteiger partial charge is 0.335 e. The molecule has 7 heteroatoms. The third kappa shape index (κ3) is 2.20. The summed E-state index contributed by atoms with van der Waals surface area (Å²) in [6.07, 6.45) is 3.35. The minimum Gasteiger partial charge on any atom is -0.478 e. The summed E-state index contributed by atoms with van der Waals surface area (Å²) in [5.41, 5.74) is 3.09. The van der Waals surface area contributed by atoms with E-state index in [2.05, 4.69) is 20.3 Å². The quantitative estimate of drug-likeness (QED) is 0.769. The van der Waals surface area contributed by atoms with E-state index in [1.54, 1.807) is 29.2 Å². The fourth-order valence-electron chi connectivity index (χ4n) is 1.87. The Balaban J connectivity index is 2.00. The van der Waals surface area contributed by atoms with Gasteiger partial charge in [0.2, 0.25) is 0 Å². The lowest BCUT2D eigenvalue weighted by molar-refractivity contribution is 0.0697. The standard InChI is InChI=1S/C13H11N5O2/c1-8-5-15-10(6-14-8)7-18-12-4-9(13(19)20)2-3-11(12)16-17-18/h2-6H,7H2,1H3,(H,19,20). The molecule has 0 unspecified atom stereocenters. The molecule has 1 N–H and O–H groups in total. The van der Waals surface area contributed by atoms with Crippen molar-refractivity contribution in [3.05, 3.63) is 47.5 Å². The molecule has 1 aromatic carbocycles. The van der Waals surface area contributed by atoms with Crippen molar-refractivity contribution in [1.29, 1.82) is 0 Å². The van der Waals surface area contributed by atoms with Crippen molar-refractivity contribution in [3.63, 3.8) is 0 Å². The molecule has 0 aliphatic carbocycles. The second-order valence-electron chi connectivity index (χ2n) is 4.40. The number of carbonyl (C=O) groups is 1. The van der Waals surface area contributed by atoms with E-state index in [0.29, 0.717) is 17.6 Å². The van der Waals surface area contributed by atoms with Crippen LogP contribution in [-0.2, 0) is 6.54 Å². The Kier molecular flexibility index (Phi) is 2.86. The Hall–Kier alpha value is -2.83. The van der Waals surface area contributed by atoms with Crippen LogP contribution in [0.1, 0.15) is 21.7 Å². The van der Waals surface area contributed by atoms with Crippen LogP contribution >= 0.6 is 0 Å². The maximum Gasteiger partial charge on any atom is 0.335 e. The van der Waals surface area contributed by atoms with Crippen molar-refractivity contribution in [2.24, 2.45) is 0 Å². The number of aryl methyl sites for hydroxylation is 1. The Morgan fingerprint density at radius 1 is 1.30 bits per heavy atom. The summed E-state index contributed by atoms with van der Waals surface area (Å²) in [7, 11) is 0. The molecule has 0 radical (unpaired) electrons. The molecule has 3 rings (SSSR count). The van der Waals surface area contributed by atoms with Gasteiger partial charge in [0, 0.05) is 6.20 Å². The third-order valence-corrected chi connectivity index (χ3v) is 2.91. The molecule has 2 heterocycles. The van der Waals surface area contributed by atoms with E-state index in [4.69, 9.17) is 5.11 Å². The first-order chi connectivity index (χ1) is 9.63. The maximum absolute atomic E-state index is 11.0. The lowest BCUT2D eigenvalue weighted by Crippen LogP contribution is -2.05. The zero-order valence-electron chi connectivity index (χ0n) is 10.7. The summed E-state index contributed by atoms with van der Waals surface area (Å²) < 4.78 is 1.61. The topological polar surface area (TPSA) is 93.8 Å². The number of aromatic carboxylic acids is 1. The summed E-state index contributed by atoms with van der Waals surface area (Å²) >= 11 is 0. The average Bonchev–Trinajstić information content (AvgIpc) is 2.84.